The average molecular weight is 173 g/mol. The Hall–Kier alpha value is -0.120. The highest BCUT2D eigenvalue weighted by molar-refractivity contribution is 4.65. The maximum Gasteiger partial charge on any atom is 0.0850 e. The van der Waals surface area contributed by atoms with Gasteiger partial charge in [-0.25, -0.2) is 9.78 Å². The first kappa shape index (κ1) is 9.96. The maximum atomic E-state index is 5.05. The first-order valence-electron chi connectivity index (χ1n) is 4.88. The molecule has 12 heavy (non-hydrogen) atoms. The summed E-state index contributed by atoms with van der Waals surface area (Å²) in [5.74, 6) is 0.687. The molecule has 3 heteroatoms. The van der Waals surface area contributed by atoms with Crippen LogP contribution in [0.25, 0.3) is 0 Å². The van der Waals surface area contributed by atoms with Crippen LogP contribution >= 0.6 is 0 Å². The van der Waals surface area contributed by atoms with Crippen LogP contribution in [-0.4, -0.2) is 26.3 Å². The van der Waals surface area contributed by atoms with Gasteiger partial charge in [-0.3, -0.25) is 0 Å². The summed E-state index contributed by atoms with van der Waals surface area (Å²) in [7, 11) is 0. The first-order valence-corrected chi connectivity index (χ1v) is 4.88. The molecule has 0 bridgehead atoms. The lowest BCUT2D eigenvalue weighted by Crippen LogP contribution is -2.15. The Labute approximate surface area is 74.4 Å². The standard InChI is InChI=1S/C9H19NO2/c1-2-11-12-8-9-4-3-6-10-7-5-9/h9-10H,2-8H2,1H3. The van der Waals surface area contributed by atoms with Crippen molar-refractivity contribution in [2.24, 2.45) is 5.92 Å². The van der Waals surface area contributed by atoms with Gasteiger partial charge in [-0.1, -0.05) is 0 Å². The molecule has 1 rings (SSSR count). The van der Waals surface area contributed by atoms with Crippen molar-refractivity contribution >= 4 is 0 Å². The van der Waals surface area contributed by atoms with E-state index in [0.717, 1.165) is 19.7 Å². The topological polar surface area (TPSA) is 30.5 Å². The van der Waals surface area contributed by atoms with Crippen molar-refractivity contribution in [3.05, 3.63) is 0 Å². The molecule has 0 spiro atoms. The smallest absolute Gasteiger partial charge is 0.0850 e. The van der Waals surface area contributed by atoms with Gasteiger partial charge >= 0.3 is 0 Å². The molecular formula is C9H19NO2. The maximum absolute atomic E-state index is 5.05. The van der Waals surface area contributed by atoms with Gasteiger partial charge in [0.1, 0.15) is 0 Å². The van der Waals surface area contributed by atoms with Crippen LogP contribution in [0.1, 0.15) is 26.2 Å². The molecule has 0 aromatic rings. The molecular weight excluding hydrogens is 154 g/mol. The molecule has 0 aromatic heterocycles. The van der Waals surface area contributed by atoms with Gasteiger partial charge in [0.05, 0.1) is 13.2 Å². The number of hydrogen-bond acceptors (Lipinski definition) is 3. The molecule has 3 nitrogen and oxygen atoms in total. The minimum Gasteiger partial charge on any atom is -0.317 e. The van der Waals surface area contributed by atoms with E-state index in [1.54, 1.807) is 0 Å². The Kier molecular flexibility index (Phi) is 5.32. The largest absolute Gasteiger partial charge is 0.317 e. The quantitative estimate of drug-likeness (QED) is 0.395. The Morgan fingerprint density at radius 2 is 2.17 bits per heavy atom. The minimum absolute atomic E-state index is 0.644. The average Bonchev–Trinajstić information content (AvgIpc) is 2.33. The second-order valence-corrected chi connectivity index (χ2v) is 3.24. The summed E-state index contributed by atoms with van der Waals surface area (Å²) in [6.45, 7) is 5.63. The van der Waals surface area contributed by atoms with Crippen LogP contribution in [0.5, 0.6) is 0 Å². The summed E-state index contributed by atoms with van der Waals surface area (Å²) < 4.78 is 0. The molecule has 0 aromatic carbocycles. The van der Waals surface area contributed by atoms with Gasteiger partial charge in [-0.2, -0.15) is 0 Å². The van der Waals surface area contributed by atoms with Crippen molar-refractivity contribution in [3.8, 4) is 0 Å². The fourth-order valence-electron chi connectivity index (χ4n) is 1.49. The van der Waals surface area contributed by atoms with Crippen LogP contribution in [0, 0.1) is 5.92 Å². The molecule has 1 N–H and O–H groups in total. The van der Waals surface area contributed by atoms with Crippen LogP contribution < -0.4 is 5.32 Å². The van der Waals surface area contributed by atoms with E-state index < -0.39 is 0 Å². The van der Waals surface area contributed by atoms with Crippen molar-refractivity contribution < 1.29 is 9.78 Å². The first-order chi connectivity index (χ1) is 5.93. The van der Waals surface area contributed by atoms with E-state index in [1.165, 1.54) is 19.3 Å². The van der Waals surface area contributed by atoms with Gasteiger partial charge in [-0.05, 0) is 45.2 Å². The molecule has 1 aliphatic heterocycles. The number of hydrogen-bond donors (Lipinski definition) is 1. The zero-order chi connectivity index (χ0) is 8.65. The van der Waals surface area contributed by atoms with Crippen molar-refractivity contribution in [2.45, 2.75) is 26.2 Å². The molecule has 1 atom stereocenters. The number of rotatable bonds is 4. The summed E-state index contributed by atoms with van der Waals surface area (Å²) in [4.78, 5) is 9.91. The van der Waals surface area contributed by atoms with Gasteiger partial charge in [0, 0.05) is 0 Å². The highest BCUT2D eigenvalue weighted by atomic mass is 17.2. The Balaban J connectivity index is 2.04. The van der Waals surface area contributed by atoms with E-state index >= 15 is 0 Å². The molecule has 0 amide bonds. The predicted molar refractivity (Wildman–Crippen MR) is 47.8 cm³/mol. The molecule has 1 saturated heterocycles. The summed E-state index contributed by atoms with van der Waals surface area (Å²) in [5, 5.41) is 3.37. The second-order valence-electron chi connectivity index (χ2n) is 3.24. The number of nitrogens with one attached hydrogen (secondary N) is 1. The fourth-order valence-corrected chi connectivity index (χ4v) is 1.49. The summed E-state index contributed by atoms with van der Waals surface area (Å²) in [5.41, 5.74) is 0. The molecule has 72 valence electrons. The van der Waals surface area contributed by atoms with Gasteiger partial charge in [-0.15, -0.1) is 0 Å². The van der Waals surface area contributed by atoms with E-state index in [2.05, 4.69) is 5.32 Å². The van der Waals surface area contributed by atoms with Crippen molar-refractivity contribution in [2.75, 3.05) is 26.3 Å². The van der Waals surface area contributed by atoms with Gasteiger partial charge in [0.2, 0.25) is 0 Å². The van der Waals surface area contributed by atoms with Crippen molar-refractivity contribution in [3.63, 3.8) is 0 Å². The highest BCUT2D eigenvalue weighted by Crippen LogP contribution is 2.13. The molecule has 1 fully saturated rings. The molecule has 1 unspecified atom stereocenters. The van der Waals surface area contributed by atoms with Crippen molar-refractivity contribution in [1.82, 2.24) is 5.32 Å². The normalized spacial score (nSPS) is 25.2. The Bertz CT molecular complexity index is 101. The second kappa shape index (κ2) is 6.40. The van der Waals surface area contributed by atoms with Gasteiger partial charge in [0.15, 0.2) is 0 Å². The lowest BCUT2D eigenvalue weighted by atomic mass is 10.0. The molecule has 1 heterocycles. The minimum atomic E-state index is 0.644. The Morgan fingerprint density at radius 1 is 1.25 bits per heavy atom. The Morgan fingerprint density at radius 3 is 3.00 bits per heavy atom. The summed E-state index contributed by atoms with van der Waals surface area (Å²) in [6, 6.07) is 0. The van der Waals surface area contributed by atoms with Gasteiger partial charge in [0.25, 0.3) is 0 Å². The van der Waals surface area contributed by atoms with Crippen LogP contribution in [0.15, 0.2) is 0 Å². The monoisotopic (exact) mass is 173 g/mol. The van der Waals surface area contributed by atoms with Gasteiger partial charge < -0.3 is 5.32 Å². The third-order valence-electron chi connectivity index (χ3n) is 2.20. The molecule has 0 saturated carbocycles. The van der Waals surface area contributed by atoms with Crippen LogP contribution in [0.3, 0.4) is 0 Å². The fraction of sp³-hybridized carbons (Fsp3) is 1.00. The van der Waals surface area contributed by atoms with E-state index in [1.807, 2.05) is 6.92 Å². The summed E-state index contributed by atoms with van der Waals surface area (Å²) in [6.07, 6.45) is 3.74. The third-order valence-corrected chi connectivity index (χ3v) is 2.20. The zero-order valence-corrected chi connectivity index (χ0v) is 7.84. The summed E-state index contributed by atoms with van der Waals surface area (Å²) >= 11 is 0. The molecule has 0 radical (unpaired) electrons. The van der Waals surface area contributed by atoms with Crippen LogP contribution in [-0.2, 0) is 9.78 Å². The molecule has 1 aliphatic rings. The SMILES string of the molecule is CCOOCC1CCCNCC1. The third kappa shape index (κ3) is 4.04. The van der Waals surface area contributed by atoms with E-state index in [9.17, 15) is 0 Å². The zero-order valence-electron chi connectivity index (χ0n) is 7.84. The lowest BCUT2D eigenvalue weighted by Gasteiger charge is -2.11. The molecule has 0 aliphatic carbocycles. The lowest BCUT2D eigenvalue weighted by molar-refractivity contribution is -0.298. The van der Waals surface area contributed by atoms with E-state index in [0.29, 0.717) is 12.5 Å². The van der Waals surface area contributed by atoms with Crippen molar-refractivity contribution in [1.29, 1.82) is 0 Å². The van der Waals surface area contributed by atoms with E-state index in [-0.39, 0.29) is 0 Å². The predicted octanol–water partition coefficient (Wildman–Crippen LogP) is 1.34. The van der Waals surface area contributed by atoms with Crippen LogP contribution in [0.4, 0.5) is 0 Å². The van der Waals surface area contributed by atoms with Crippen LogP contribution in [0.2, 0.25) is 0 Å². The highest BCUT2D eigenvalue weighted by Gasteiger charge is 2.11. The van der Waals surface area contributed by atoms with E-state index in [4.69, 9.17) is 9.78 Å².